The molecular weight excluding hydrogens is 230 g/mol. The molecule has 0 saturated heterocycles. The number of rotatable bonds is 9. The van der Waals surface area contributed by atoms with Gasteiger partial charge in [-0.15, -0.1) is 0 Å². The monoisotopic (exact) mass is 261 g/mol. The van der Waals surface area contributed by atoms with E-state index in [0.29, 0.717) is 6.04 Å². The quantitative estimate of drug-likeness (QED) is 0.634. The van der Waals surface area contributed by atoms with Gasteiger partial charge in [0.1, 0.15) is 0 Å². The molecule has 0 fully saturated rings. The van der Waals surface area contributed by atoms with Gasteiger partial charge in [0, 0.05) is 6.04 Å². The second kappa shape index (κ2) is 9.14. The molecule has 1 aromatic carbocycles. The van der Waals surface area contributed by atoms with E-state index in [1.165, 1.54) is 43.2 Å². The third-order valence-electron chi connectivity index (χ3n) is 3.80. The molecule has 0 radical (unpaired) electrons. The number of aryl methyl sites for hydroxylation is 1. The van der Waals surface area contributed by atoms with Crippen LogP contribution in [-0.2, 0) is 6.42 Å². The van der Waals surface area contributed by atoms with E-state index in [4.69, 9.17) is 0 Å². The molecule has 0 aliphatic heterocycles. The fourth-order valence-corrected chi connectivity index (χ4v) is 2.51. The van der Waals surface area contributed by atoms with Crippen LogP contribution < -0.4 is 5.32 Å². The van der Waals surface area contributed by atoms with Gasteiger partial charge in [-0.3, -0.25) is 0 Å². The minimum atomic E-state index is 0.588. The summed E-state index contributed by atoms with van der Waals surface area (Å²) < 4.78 is 0. The smallest absolute Gasteiger partial charge is 0.00104 e. The maximum Gasteiger partial charge on any atom is 0.00104 e. The van der Waals surface area contributed by atoms with E-state index in [1.54, 1.807) is 0 Å². The van der Waals surface area contributed by atoms with Crippen LogP contribution in [0.3, 0.4) is 0 Å². The average molecular weight is 261 g/mol. The Bertz CT molecular complexity index is 343. The molecule has 0 saturated carbocycles. The Morgan fingerprint density at radius 2 is 1.84 bits per heavy atom. The van der Waals surface area contributed by atoms with E-state index in [1.807, 2.05) is 0 Å². The highest BCUT2D eigenvalue weighted by Gasteiger charge is 2.11. The zero-order chi connectivity index (χ0) is 14.1. The van der Waals surface area contributed by atoms with Gasteiger partial charge in [0.15, 0.2) is 0 Å². The van der Waals surface area contributed by atoms with Gasteiger partial charge in [0.25, 0.3) is 0 Å². The van der Waals surface area contributed by atoms with Gasteiger partial charge in [-0.05, 0) is 43.4 Å². The highest BCUT2D eigenvalue weighted by molar-refractivity contribution is 5.25. The minimum Gasteiger partial charge on any atom is -0.314 e. The summed E-state index contributed by atoms with van der Waals surface area (Å²) >= 11 is 0. The van der Waals surface area contributed by atoms with E-state index in [9.17, 15) is 0 Å². The lowest BCUT2D eigenvalue weighted by Crippen LogP contribution is -2.30. The molecule has 108 valence electrons. The lowest BCUT2D eigenvalue weighted by molar-refractivity contribution is 0.406. The molecule has 1 atom stereocenters. The van der Waals surface area contributed by atoms with Crippen LogP contribution in [0.15, 0.2) is 24.3 Å². The molecular formula is C18H31N. The number of hydrogen-bond acceptors (Lipinski definition) is 1. The molecule has 0 bridgehead atoms. The lowest BCUT2D eigenvalue weighted by Gasteiger charge is -2.20. The van der Waals surface area contributed by atoms with E-state index in [-0.39, 0.29) is 0 Å². The first-order valence-corrected chi connectivity index (χ1v) is 7.91. The Morgan fingerprint density at radius 1 is 1.11 bits per heavy atom. The van der Waals surface area contributed by atoms with Gasteiger partial charge in [-0.25, -0.2) is 0 Å². The van der Waals surface area contributed by atoms with Crippen molar-refractivity contribution in [3.63, 3.8) is 0 Å². The number of nitrogens with one attached hydrogen (secondary N) is 1. The minimum absolute atomic E-state index is 0.588. The third kappa shape index (κ3) is 6.77. The van der Waals surface area contributed by atoms with Crippen LogP contribution in [0.1, 0.15) is 57.6 Å². The highest BCUT2D eigenvalue weighted by atomic mass is 14.9. The number of hydrogen-bond donors (Lipinski definition) is 1. The van der Waals surface area contributed by atoms with Crippen molar-refractivity contribution in [2.75, 3.05) is 6.54 Å². The van der Waals surface area contributed by atoms with Crippen molar-refractivity contribution >= 4 is 0 Å². The van der Waals surface area contributed by atoms with Crippen LogP contribution in [-0.4, -0.2) is 12.6 Å². The maximum atomic E-state index is 3.61. The van der Waals surface area contributed by atoms with Crippen LogP contribution in [0.25, 0.3) is 0 Å². The van der Waals surface area contributed by atoms with Crippen molar-refractivity contribution in [3.8, 4) is 0 Å². The van der Waals surface area contributed by atoms with Crippen LogP contribution in [0.4, 0.5) is 0 Å². The molecule has 0 aromatic heterocycles. The zero-order valence-corrected chi connectivity index (χ0v) is 13.2. The molecule has 0 aliphatic rings. The fraction of sp³-hybridized carbons (Fsp3) is 0.667. The van der Waals surface area contributed by atoms with E-state index < -0.39 is 0 Å². The van der Waals surface area contributed by atoms with Gasteiger partial charge in [-0.2, -0.15) is 0 Å². The zero-order valence-electron chi connectivity index (χ0n) is 13.2. The number of benzene rings is 1. The third-order valence-corrected chi connectivity index (χ3v) is 3.80. The summed E-state index contributed by atoms with van der Waals surface area (Å²) in [6, 6.07) is 9.41. The molecule has 1 aromatic rings. The van der Waals surface area contributed by atoms with Crippen molar-refractivity contribution in [1.82, 2.24) is 5.32 Å². The number of unbranched alkanes of at least 4 members (excludes halogenated alkanes) is 2. The Hall–Kier alpha value is -0.820. The first-order chi connectivity index (χ1) is 9.13. The molecule has 0 amide bonds. The van der Waals surface area contributed by atoms with Crippen molar-refractivity contribution in [2.45, 2.75) is 65.8 Å². The predicted octanol–water partition coefficient (Wildman–Crippen LogP) is 4.73. The summed E-state index contributed by atoms with van der Waals surface area (Å²) in [6.45, 7) is 10.1. The van der Waals surface area contributed by atoms with Crippen molar-refractivity contribution in [3.05, 3.63) is 35.4 Å². The molecule has 1 unspecified atom stereocenters. The van der Waals surface area contributed by atoms with Gasteiger partial charge in [0.05, 0.1) is 0 Å². The molecule has 0 heterocycles. The van der Waals surface area contributed by atoms with E-state index in [2.05, 4.69) is 57.3 Å². The lowest BCUT2D eigenvalue weighted by atomic mass is 9.91. The summed E-state index contributed by atoms with van der Waals surface area (Å²) in [5.41, 5.74) is 2.96. The van der Waals surface area contributed by atoms with Gasteiger partial charge >= 0.3 is 0 Å². The molecule has 1 rings (SSSR count). The summed E-state index contributed by atoms with van der Waals surface area (Å²) in [5, 5.41) is 3.61. The SMILES string of the molecule is CCCCCC(CNC(C)C)Cc1ccccc1C. The van der Waals surface area contributed by atoms with Crippen molar-refractivity contribution < 1.29 is 0 Å². The summed E-state index contributed by atoms with van der Waals surface area (Å²) in [6.07, 6.45) is 6.62. The Kier molecular flexibility index (Phi) is 7.81. The van der Waals surface area contributed by atoms with Crippen LogP contribution in [0.2, 0.25) is 0 Å². The Labute approximate surface area is 119 Å². The van der Waals surface area contributed by atoms with Crippen LogP contribution in [0.5, 0.6) is 0 Å². The van der Waals surface area contributed by atoms with Crippen LogP contribution in [0, 0.1) is 12.8 Å². The molecule has 0 spiro atoms. The highest BCUT2D eigenvalue weighted by Crippen LogP contribution is 2.18. The standard InChI is InChI=1S/C18H31N/c1-5-6-7-11-17(14-19-15(2)3)13-18-12-9-8-10-16(18)4/h8-10,12,15,17,19H,5-7,11,13-14H2,1-4H3. The molecule has 1 nitrogen and oxygen atoms in total. The van der Waals surface area contributed by atoms with Gasteiger partial charge < -0.3 is 5.32 Å². The normalized spacial score (nSPS) is 12.9. The topological polar surface area (TPSA) is 12.0 Å². The van der Waals surface area contributed by atoms with E-state index in [0.717, 1.165) is 12.5 Å². The molecule has 19 heavy (non-hydrogen) atoms. The predicted molar refractivity (Wildman–Crippen MR) is 85.7 cm³/mol. The second-order valence-electron chi connectivity index (χ2n) is 6.06. The van der Waals surface area contributed by atoms with Crippen LogP contribution >= 0.6 is 0 Å². The molecule has 0 aliphatic carbocycles. The molecule has 1 heteroatoms. The van der Waals surface area contributed by atoms with Gasteiger partial charge in [-0.1, -0.05) is 64.3 Å². The van der Waals surface area contributed by atoms with Crippen molar-refractivity contribution in [1.29, 1.82) is 0 Å². The van der Waals surface area contributed by atoms with Gasteiger partial charge in [0.2, 0.25) is 0 Å². The fourth-order valence-electron chi connectivity index (χ4n) is 2.51. The van der Waals surface area contributed by atoms with E-state index >= 15 is 0 Å². The average Bonchev–Trinajstić information content (AvgIpc) is 2.38. The largest absolute Gasteiger partial charge is 0.314 e. The van der Waals surface area contributed by atoms with Crippen molar-refractivity contribution in [2.24, 2.45) is 5.92 Å². The first-order valence-electron chi connectivity index (χ1n) is 7.91. The first kappa shape index (κ1) is 16.2. The molecule has 1 N–H and O–H groups in total. The summed E-state index contributed by atoms with van der Waals surface area (Å²) in [4.78, 5) is 0. The Morgan fingerprint density at radius 3 is 2.47 bits per heavy atom. The Balaban J connectivity index is 2.54. The second-order valence-corrected chi connectivity index (χ2v) is 6.06. The summed E-state index contributed by atoms with van der Waals surface area (Å²) in [7, 11) is 0. The summed E-state index contributed by atoms with van der Waals surface area (Å²) in [5.74, 6) is 0.773. The maximum absolute atomic E-state index is 3.61.